The minimum absolute atomic E-state index is 0. The Labute approximate surface area is 132 Å². The van der Waals surface area contributed by atoms with Crippen molar-refractivity contribution in [3.05, 3.63) is 23.9 Å². The van der Waals surface area contributed by atoms with Crippen molar-refractivity contribution in [2.45, 2.75) is 25.1 Å². The number of aromatic nitrogens is 1. The van der Waals surface area contributed by atoms with Gasteiger partial charge in [0.1, 0.15) is 0 Å². The molecule has 0 aromatic carbocycles. The van der Waals surface area contributed by atoms with Gasteiger partial charge in [-0.25, -0.2) is 4.98 Å². The van der Waals surface area contributed by atoms with Crippen LogP contribution in [0.15, 0.2) is 18.3 Å². The first-order chi connectivity index (χ1) is 9.85. The molecule has 2 heterocycles. The Morgan fingerprint density at radius 2 is 2.18 bits per heavy atom. The van der Waals surface area contributed by atoms with E-state index < -0.39 is 12.8 Å². The van der Waals surface area contributed by atoms with Crippen molar-refractivity contribution in [2.75, 3.05) is 19.7 Å². The summed E-state index contributed by atoms with van der Waals surface area (Å²) in [5.74, 6) is -0.390. The number of amides is 1. The molecule has 9 heteroatoms. The molecule has 1 atom stereocenters. The Morgan fingerprint density at radius 1 is 1.45 bits per heavy atom. The Bertz CT molecular complexity index is 496. The van der Waals surface area contributed by atoms with Gasteiger partial charge in [0.2, 0.25) is 5.88 Å². The molecule has 1 unspecified atom stereocenters. The van der Waals surface area contributed by atoms with E-state index >= 15 is 0 Å². The molecule has 1 aliphatic heterocycles. The Balaban J connectivity index is 0.00000242. The fourth-order valence-corrected chi connectivity index (χ4v) is 2.12. The van der Waals surface area contributed by atoms with Crippen molar-refractivity contribution in [1.82, 2.24) is 9.88 Å². The first-order valence-corrected chi connectivity index (χ1v) is 6.55. The third-order valence-corrected chi connectivity index (χ3v) is 3.11. The van der Waals surface area contributed by atoms with E-state index in [1.807, 2.05) is 0 Å². The number of nitrogens with two attached hydrogens (primary N) is 1. The van der Waals surface area contributed by atoms with E-state index in [2.05, 4.69) is 9.72 Å². The van der Waals surface area contributed by atoms with Gasteiger partial charge in [-0.2, -0.15) is 13.2 Å². The molecule has 124 valence electrons. The van der Waals surface area contributed by atoms with Gasteiger partial charge in [-0.05, 0) is 18.9 Å². The number of alkyl halides is 3. The molecule has 1 fully saturated rings. The second-order valence-corrected chi connectivity index (χ2v) is 4.94. The number of carbonyl (C=O) groups excluding carboxylic acids is 1. The smallest absolute Gasteiger partial charge is 0.422 e. The van der Waals surface area contributed by atoms with Crippen molar-refractivity contribution >= 4 is 18.3 Å². The molecule has 2 rings (SSSR count). The van der Waals surface area contributed by atoms with Gasteiger partial charge < -0.3 is 15.4 Å². The summed E-state index contributed by atoms with van der Waals surface area (Å²) in [6.45, 7) is -0.307. The summed E-state index contributed by atoms with van der Waals surface area (Å²) in [6, 6.07) is 2.62. The highest BCUT2D eigenvalue weighted by Crippen LogP contribution is 2.18. The van der Waals surface area contributed by atoms with Crippen LogP contribution in [0.4, 0.5) is 13.2 Å². The molecule has 0 aliphatic carbocycles. The second-order valence-electron chi connectivity index (χ2n) is 4.94. The average molecular weight is 340 g/mol. The lowest BCUT2D eigenvalue weighted by Crippen LogP contribution is -2.45. The van der Waals surface area contributed by atoms with Crippen molar-refractivity contribution < 1.29 is 22.7 Å². The van der Waals surface area contributed by atoms with Crippen LogP contribution in [-0.4, -0.2) is 47.7 Å². The molecule has 1 aromatic rings. The van der Waals surface area contributed by atoms with E-state index in [-0.39, 0.29) is 30.2 Å². The standard InChI is InChI=1S/C13H16F3N3O2.ClH/c14-13(15,16)8-21-11-4-3-9(6-18-11)12(20)19-5-1-2-10(17)7-19;/h3-4,6,10H,1-2,5,7-8,17H2;1H. The van der Waals surface area contributed by atoms with Crippen LogP contribution in [0, 0.1) is 0 Å². The fourth-order valence-electron chi connectivity index (χ4n) is 2.12. The summed E-state index contributed by atoms with van der Waals surface area (Å²) < 4.78 is 40.5. The van der Waals surface area contributed by atoms with Gasteiger partial charge in [-0.3, -0.25) is 4.79 Å². The van der Waals surface area contributed by atoms with Gasteiger partial charge in [-0.15, -0.1) is 12.4 Å². The molecule has 2 N–H and O–H groups in total. The number of piperidine rings is 1. The number of pyridine rings is 1. The molecule has 1 aliphatic rings. The molecule has 1 amide bonds. The monoisotopic (exact) mass is 339 g/mol. The number of halogens is 4. The van der Waals surface area contributed by atoms with E-state index in [4.69, 9.17) is 5.73 Å². The van der Waals surface area contributed by atoms with E-state index in [1.54, 1.807) is 4.90 Å². The maximum atomic E-state index is 12.2. The number of likely N-dealkylation sites (tertiary alicyclic amines) is 1. The van der Waals surface area contributed by atoms with Crippen LogP contribution in [0.25, 0.3) is 0 Å². The quantitative estimate of drug-likeness (QED) is 0.914. The normalized spacial score (nSPS) is 18.5. The number of hydrogen-bond donors (Lipinski definition) is 1. The van der Waals surface area contributed by atoms with Gasteiger partial charge in [0.25, 0.3) is 5.91 Å². The van der Waals surface area contributed by atoms with E-state index in [1.165, 1.54) is 18.3 Å². The molecule has 0 spiro atoms. The Kier molecular flexibility index (Phi) is 6.43. The predicted molar refractivity (Wildman–Crippen MR) is 76.1 cm³/mol. The number of nitrogens with zero attached hydrogens (tertiary/aromatic N) is 2. The largest absolute Gasteiger partial charge is 0.468 e. The van der Waals surface area contributed by atoms with E-state index in [0.717, 1.165) is 12.8 Å². The number of carbonyl (C=O) groups is 1. The van der Waals surface area contributed by atoms with Gasteiger partial charge in [0, 0.05) is 31.4 Å². The molecular formula is C13H17ClF3N3O2. The predicted octanol–water partition coefficient (Wildman–Crippen LogP) is 2.01. The van der Waals surface area contributed by atoms with Crippen LogP contribution < -0.4 is 10.5 Å². The molecule has 22 heavy (non-hydrogen) atoms. The van der Waals surface area contributed by atoms with Crippen molar-refractivity contribution in [3.63, 3.8) is 0 Å². The number of rotatable bonds is 3. The van der Waals surface area contributed by atoms with Crippen LogP contribution in [0.1, 0.15) is 23.2 Å². The molecular weight excluding hydrogens is 323 g/mol. The summed E-state index contributed by atoms with van der Waals surface area (Å²) in [7, 11) is 0. The maximum absolute atomic E-state index is 12.2. The molecule has 0 radical (unpaired) electrons. The molecule has 1 saturated heterocycles. The lowest BCUT2D eigenvalue weighted by atomic mass is 10.1. The minimum atomic E-state index is -4.42. The lowest BCUT2D eigenvalue weighted by molar-refractivity contribution is -0.154. The molecule has 5 nitrogen and oxygen atoms in total. The minimum Gasteiger partial charge on any atom is -0.468 e. The second kappa shape index (κ2) is 7.64. The van der Waals surface area contributed by atoms with Crippen molar-refractivity contribution in [1.29, 1.82) is 0 Å². The van der Waals surface area contributed by atoms with Crippen LogP contribution >= 0.6 is 12.4 Å². The molecule has 1 aromatic heterocycles. The van der Waals surface area contributed by atoms with Gasteiger partial charge in [0.15, 0.2) is 6.61 Å². The Hall–Kier alpha value is -1.54. The van der Waals surface area contributed by atoms with Gasteiger partial charge in [-0.1, -0.05) is 0 Å². The topological polar surface area (TPSA) is 68.5 Å². The third kappa shape index (κ3) is 5.34. The highest BCUT2D eigenvalue weighted by molar-refractivity contribution is 5.94. The fraction of sp³-hybridized carbons (Fsp3) is 0.538. The lowest BCUT2D eigenvalue weighted by Gasteiger charge is -2.30. The summed E-state index contributed by atoms with van der Waals surface area (Å²) in [5, 5.41) is 0. The summed E-state index contributed by atoms with van der Waals surface area (Å²) in [6.07, 6.45) is -1.48. The van der Waals surface area contributed by atoms with Crippen LogP contribution in [0.5, 0.6) is 5.88 Å². The molecule has 0 bridgehead atoms. The first-order valence-electron chi connectivity index (χ1n) is 6.55. The van der Waals surface area contributed by atoms with E-state index in [0.29, 0.717) is 18.7 Å². The number of ether oxygens (including phenoxy) is 1. The summed E-state index contributed by atoms with van der Waals surface area (Å²) in [5.41, 5.74) is 6.12. The van der Waals surface area contributed by atoms with Crippen molar-refractivity contribution in [2.24, 2.45) is 5.73 Å². The maximum Gasteiger partial charge on any atom is 0.422 e. The van der Waals surface area contributed by atoms with Gasteiger partial charge in [0.05, 0.1) is 5.56 Å². The summed E-state index contributed by atoms with van der Waals surface area (Å²) >= 11 is 0. The first kappa shape index (κ1) is 18.5. The SMILES string of the molecule is Cl.NC1CCCN(C(=O)c2ccc(OCC(F)(F)F)nc2)C1. The van der Waals surface area contributed by atoms with Crippen LogP contribution in [0.3, 0.4) is 0 Å². The third-order valence-electron chi connectivity index (χ3n) is 3.11. The zero-order valence-electron chi connectivity index (χ0n) is 11.7. The van der Waals surface area contributed by atoms with Crippen LogP contribution in [-0.2, 0) is 0 Å². The Morgan fingerprint density at radius 3 is 2.73 bits per heavy atom. The van der Waals surface area contributed by atoms with Gasteiger partial charge >= 0.3 is 6.18 Å². The van der Waals surface area contributed by atoms with E-state index in [9.17, 15) is 18.0 Å². The highest BCUT2D eigenvalue weighted by atomic mass is 35.5. The molecule has 0 saturated carbocycles. The summed E-state index contributed by atoms with van der Waals surface area (Å²) in [4.78, 5) is 17.5. The highest BCUT2D eigenvalue weighted by Gasteiger charge is 2.28. The number of hydrogen-bond acceptors (Lipinski definition) is 4. The zero-order chi connectivity index (χ0) is 15.5. The average Bonchev–Trinajstić information content (AvgIpc) is 2.44. The van der Waals surface area contributed by atoms with Crippen molar-refractivity contribution in [3.8, 4) is 5.88 Å². The van der Waals surface area contributed by atoms with Crippen LogP contribution in [0.2, 0.25) is 0 Å². The zero-order valence-corrected chi connectivity index (χ0v) is 12.5.